The van der Waals surface area contributed by atoms with Gasteiger partial charge in [-0.15, -0.1) is 10.2 Å². The van der Waals surface area contributed by atoms with Crippen molar-refractivity contribution in [3.05, 3.63) is 82.8 Å². The van der Waals surface area contributed by atoms with Crippen molar-refractivity contribution in [2.24, 2.45) is 10.2 Å². The Morgan fingerprint density at radius 2 is 1.91 bits per heavy atom. The summed E-state index contributed by atoms with van der Waals surface area (Å²) in [7, 11) is 0. The van der Waals surface area contributed by atoms with Gasteiger partial charge >= 0.3 is 5.97 Å². The number of nitrogens with one attached hydrogen (secondary N) is 1. The monoisotopic (exact) mass is 485 g/mol. The van der Waals surface area contributed by atoms with Crippen molar-refractivity contribution in [3.8, 4) is 5.75 Å². The number of amides is 1. The first-order chi connectivity index (χ1) is 16.9. The summed E-state index contributed by atoms with van der Waals surface area (Å²) in [6.45, 7) is 11.1. The third-order valence-electron chi connectivity index (χ3n) is 5.02. The highest BCUT2D eigenvalue weighted by Crippen LogP contribution is 2.42. The first kappa shape index (κ1) is 23.5. The second kappa shape index (κ2) is 10.1. The number of hydrogen-bond donors (Lipinski definition) is 2. The maximum absolute atomic E-state index is 13.0. The Morgan fingerprint density at radius 1 is 1.17 bits per heavy atom. The molecule has 0 saturated heterocycles. The fraction of sp³-hybridized carbons (Fsp3) is 0.120. The van der Waals surface area contributed by atoms with Gasteiger partial charge in [0.1, 0.15) is 5.69 Å². The Morgan fingerprint density at radius 3 is 2.63 bits per heavy atom. The van der Waals surface area contributed by atoms with Crippen molar-refractivity contribution in [2.75, 3.05) is 11.9 Å². The summed E-state index contributed by atoms with van der Waals surface area (Å²) in [5.41, 5.74) is 1.47. The lowest BCUT2D eigenvalue weighted by Gasteiger charge is -2.11. The molecule has 0 radical (unpaired) electrons. The second-order valence-electron chi connectivity index (χ2n) is 7.38. The lowest BCUT2D eigenvalue weighted by atomic mass is 10.0. The average molecular weight is 486 g/mol. The molecule has 3 aromatic carbocycles. The average Bonchev–Trinajstić information content (AvgIpc) is 3.27. The van der Waals surface area contributed by atoms with Crippen LogP contribution in [0.15, 0.2) is 64.8 Å². The topological polar surface area (TPSA) is 118 Å². The van der Waals surface area contributed by atoms with E-state index in [9.17, 15) is 14.7 Å². The van der Waals surface area contributed by atoms with Crippen LogP contribution in [-0.2, 0) is 4.74 Å². The highest BCUT2D eigenvalue weighted by molar-refractivity contribution is 7.10. The first-order valence-electron chi connectivity index (χ1n) is 10.5. The number of benzene rings is 3. The lowest BCUT2D eigenvalue weighted by Crippen LogP contribution is -2.12. The Hall–Kier alpha value is -4.62. The van der Waals surface area contributed by atoms with Crippen LogP contribution < -0.4 is 5.32 Å². The van der Waals surface area contributed by atoms with Crippen LogP contribution in [0.5, 0.6) is 5.75 Å². The summed E-state index contributed by atoms with van der Waals surface area (Å²) in [6, 6.07) is 15.9. The largest absolute Gasteiger partial charge is 0.505 e. The number of fused-ring (bicyclic) bond motifs is 1. The number of aromatic nitrogens is 1. The van der Waals surface area contributed by atoms with Gasteiger partial charge in [-0.2, -0.15) is 4.37 Å². The molecule has 0 unspecified atom stereocenters. The molecular weight excluding hydrogens is 466 g/mol. The van der Waals surface area contributed by atoms with Crippen molar-refractivity contribution >= 4 is 56.2 Å². The SMILES string of the molecule is [C-]#[N+]c1c(C(=O)OCC)nsc1N=Nc1c(O)c(C(=O)Nc2ccc(C)cc2)cc2ccccc12. The zero-order valence-corrected chi connectivity index (χ0v) is 19.6. The third-order valence-corrected chi connectivity index (χ3v) is 5.74. The summed E-state index contributed by atoms with van der Waals surface area (Å²) in [5, 5.41) is 23.3. The fourth-order valence-corrected chi connectivity index (χ4v) is 3.94. The Bertz CT molecular complexity index is 1500. The fourth-order valence-electron chi connectivity index (χ4n) is 3.30. The van der Waals surface area contributed by atoms with Crippen molar-refractivity contribution in [1.29, 1.82) is 0 Å². The Kier molecular flexibility index (Phi) is 6.80. The smallest absolute Gasteiger partial charge is 0.347 e. The van der Waals surface area contributed by atoms with Gasteiger partial charge in [-0.05, 0) is 49.0 Å². The standard InChI is InChI=1S/C25H19N5O4S/c1-4-34-25(33)21-20(26-3)24(35-30-21)29-28-19-17-8-6-5-7-15(17)13-18(22(19)31)23(32)27-16-11-9-14(2)10-12-16/h5-13,31H,4H2,1-2H3,(H,27,32). The van der Waals surface area contributed by atoms with Gasteiger partial charge in [-0.1, -0.05) is 42.0 Å². The Balaban J connectivity index is 1.75. The molecule has 10 heteroatoms. The third kappa shape index (κ3) is 4.85. The molecule has 9 nitrogen and oxygen atoms in total. The molecule has 2 N–H and O–H groups in total. The van der Waals surface area contributed by atoms with Crippen LogP contribution in [0.2, 0.25) is 0 Å². The number of esters is 1. The highest BCUT2D eigenvalue weighted by Gasteiger charge is 2.23. The van der Waals surface area contributed by atoms with E-state index >= 15 is 0 Å². The van der Waals surface area contributed by atoms with Gasteiger partial charge < -0.3 is 15.2 Å². The minimum Gasteiger partial charge on any atom is -0.505 e. The van der Waals surface area contributed by atoms with E-state index in [1.165, 1.54) is 0 Å². The number of azo groups is 1. The molecule has 0 bridgehead atoms. The van der Waals surface area contributed by atoms with E-state index < -0.39 is 11.9 Å². The van der Waals surface area contributed by atoms with Crippen molar-refractivity contribution in [2.45, 2.75) is 13.8 Å². The number of aryl methyl sites for hydroxylation is 1. The Labute approximate surface area is 204 Å². The van der Waals surface area contributed by atoms with E-state index in [1.54, 1.807) is 49.4 Å². The first-order valence-corrected chi connectivity index (χ1v) is 11.3. The molecule has 35 heavy (non-hydrogen) atoms. The molecule has 4 aromatic rings. The summed E-state index contributed by atoms with van der Waals surface area (Å²) < 4.78 is 8.90. The van der Waals surface area contributed by atoms with Crippen molar-refractivity contribution in [1.82, 2.24) is 4.37 Å². The van der Waals surface area contributed by atoms with Crippen LogP contribution in [0.25, 0.3) is 15.6 Å². The van der Waals surface area contributed by atoms with E-state index in [4.69, 9.17) is 11.3 Å². The maximum atomic E-state index is 13.0. The second-order valence-corrected chi connectivity index (χ2v) is 8.13. The van der Waals surface area contributed by atoms with E-state index in [2.05, 4.69) is 24.8 Å². The number of anilines is 1. The predicted octanol–water partition coefficient (Wildman–Crippen LogP) is 6.71. The molecule has 1 amide bonds. The number of hydrogen-bond acceptors (Lipinski definition) is 8. The summed E-state index contributed by atoms with van der Waals surface area (Å²) in [6.07, 6.45) is 0. The number of aromatic hydroxyl groups is 1. The molecule has 0 saturated carbocycles. The molecule has 0 aliphatic heterocycles. The van der Waals surface area contributed by atoms with Crippen LogP contribution in [0, 0.1) is 13.5 Å². The quantitative estimate of drug-likeness (QED) is 0.179. The van der Waals surface area contributed by atoms with E-state index in [1.807, 2.05) is 19.1 Å². The maximum Gasteiger partial charge on any atom is 0.347 e. The van der Waals surface area contributed by atoms with Gasteiger partial charge in [0.05, 0.1) is 18.7 Å². The van der Waals surface area contributed by atoms with E-state index in [0.717, 1.165) is 17.1 Å². The van der Waals surface area contributed by atoms with E-state index in [0.29, 0.717) is 16.5 Å². The number of carbonyl (C=O) groups is 2. The molecule has 0 fully saturated rings. The number of carbonyl (C=O) groups excluding carboxylic acids is 2. The summed E-state index contributed by atoms with van der Waals surface area (Å²) in [5.74, 6) is -1.60. The molecule has 0 spiro atoms. The molecular formula is C25H19N5O4S. The molecule has 0 atom stereocenters. The molecule has 1 heterocycles. The minimum atomic E-state index is -0.723. The number of nitrogens with zero attached hydrogens (tertiary/aromatic N) is 4. The zero-order chi connectivity index (χ0) is 24.9. The molecule has 4 rings (SSSR count). The van der Waals surface area contributed by atoms with Gasteiger partial charge in [0.2, 0.25) is 0 Å². The van der Waals surface area contributed by atoms with Crippen LogP contribution >= 0.6 is 11.5 Å². The van der Waals surface area contributed by atoms with Gasteiger partial charge in [0.25, 0.3) is 11.6 Å². The van der Waals surface area contributed by atoms with Crippen molar-refractivity contribution in [3.63, 3.8) is 0 Å². The van der Waals surface area contributed by atoms with Gasteiger partial charge in [-0.25, -0.2) is 9.64 Å². The predicted molar refractivity (Wildman–Crippen MR) is 133 cm³/mol. The number of phenols is 1. The van der Waals surface area contributed by atoms with Gasteiger partial charge in [-0.3, -0.25) is 4.79 Å². The number of phenolic OH excluding ortho intramolecular Hbond substituents is 1. The summed E-state index contributed by atoms with van der Waals surface area (Å²) >= 11 is 0.813. The summed E-state index contributed by atoms with van der Waals surface area (Å²) in [4.78, 5) is 28.4. The van der Waals surface area contributed by atoms with Crippen LogP contribution in [0.1, 0.15) is 33.3 Å². The van der Waals surface area contributed by atoms with Gasteiger partial charge in [0, 0.05) is 11.1 Å². The number of ether oxygens (including phenoxy) is 1. The van der Waals surface area contributed by atoms with Crippen LogP contribution in [0.3, 0.4) is 0 Å². The normalized spacial score (nSPS) is 10.9. The van der Waals surface area contributed by atoms with Crippen LogP contribution in [-0.4, -0.2) is 28.0 Å². The molecule has 0 aliphatic rings. The minimum absolute atomic E-state index is 0.0140. The molecule has 0 aliphatic carbocycles. The molecule has 1 aromatic heterocycles. The highest BCUT2D eigenvalue weighted by atomic mass is 32.1. The van der Waals surface area contributed by atoms with E-state index in [-0.39, 0.29) is 40.0 Å². The van der Waals surface area contributed by atoms with Gasteiger partial charge in [0.15, 0.2) is 16.4 Å². The lowest BCUT2D eigenvalue weighted by molar-refractivity contribution is 0.0522. The van der Waals surface area contributed by atoms with Crippen LogP contribution in [0.4, 0.5) is 22.1 Å². The zero-order valence-electron chi connectivity index (χ0n) is 18.8. The molecule has 174 valence electrons. The number of rotatable bonds is 6. The van der Waals surface area contributed by atoms with Crippen molar-refractivity contribution < 1.29 is 19.4 Å².